The maximum atomic E-state index is 13.2. The van der Waals surface area contributed by atoms with Gasteiger partial charge in [0, 0.05) is 37.4 Å². The molecule has 0 unspecified atom stereocenters. The number of carbonyl (C=O) groups excluding carboxylic acids is 2. The minimum atomic E-state index is -0.525. The van der Waals surface area contributed by atoms with Crippen LogP contribution in [0.4, 0.5) is 16.4 Å². The molecule has 10 heteroatoms. The van der Waals surface area contributed by atoms with Gasteiger partial charge in [-0.15, -0.1) is 5.10 Å². The standard InChI is InChI=1S/C31H34N6O4/c1-21-9-5-6-10-24(21)28(39)33-29-32-27(25-11-7-8-12-26(25)38)34-37(29)23-15-13-22(14-16-23)35-17-19-36(20-18-35)30(40)41-31(2,3)4/h5-16,38H,17-20H2,1-4H3,(H,32,33,34,39). The molecule has 1 aliphatic rings. The van der Waals surface area contributed by atoms with E-state index in [1.54, 1.807) is 39.9 Å². The molecule has 2 amide bonds. The maximum Gasteiger partial charge on any atom is 0.410 e. The minimum absolute atomic E-state index is 0.0438. The molecule has 1 fully saturated rings. The summed E-state index contributed by atoms with van der Waals surface area (Å²) in [5.41, 5.74) is 3.00. The number of aromatic hydroxyl groups is 1. The van der Waals surface area contributed by atoms with Gasteiger partial charge in [0.15, 0.2) is 5.82 Å². The first kappa shape index (κ1) is 27.7. The first-order valence-electron chi connectivity index (χ1n) is 13.5. The summed E-state index contributed by atoms with van der Waals surface area (Å²) in [6.07, 6.45) is -0.292. The zero-order valence-electron chi connectivity index (χ0n) is 23.7. The second-order valence-electron chi connectivity index (χ2n) is 10.9. The molecule has 2 N–H and O–H groups in total. The summed E-state index contributed by atoms with van der Waals surface area (Å²) in [7, 11) is 0. The molecule has 10 nitrogen and oxygen atoms in total. The third-order valence-electron chi connectivity index (χ3n) is 6.76. The molecule has 1 aromatic heterocycles. The predicted molar refractivity (Wildman–Crippen MR) is 158 cm³/mol. The van der Waals surface area contributed by atoms with Crippen molar-refractivity contribution in [2.45, 2.75) is 33.3 Å². The zero-order chi connectivity index (χ0) is 29.1. The molecule has 0 atom stereocenters. The van der Waals surface area contributed by atoms with Crippen LogP contribution in [0.2, 0.25) is 0 Å². The lowest BCUT2D eigenvalue weighted by Crippen LogP contribution is -2.50. The number of para-hydroxylation sites is 1. The van der Waals surface area contributed by atoms with Crippen LogP contribution in [0.15, 0.2) is 72.8 Å². The molecule has 2 heterocycles. The van der Waals surface area contributed by atoms with Crippen LogP contribution in [-0.4, -0.2) is 68.6 Å². The molecule has 0 saturated carbocycles. The number of ether oxygens (including phenoxy) is 1. The van der Waals surface area contributed by atoms with E-state index in [-0.39, 0.29) is 29.5 Å². The second-order valence-corrected chi connectivity index (χ2v) is 10.9. The number of amides is 2. The molecule has 5 rings (SSSR count). The normalized spacial score (nSPS) is 13.7. The maximum absolute atomic E-state index is 13.2. The molecule has 41 heavy (non-hydrogen) atoms. The summed E-state index contributed by atoms with van der Waals surface area (Å²) in [5, 5.41) is 17.9. The van der Waals surface area contributed by atoms with E-state index in [1.165, 1.54) is 0 Å². The van der Waals surface area contributed by atoms with Crippen LogP contribution in [0, 0.1) is 6.92 Å². The van der Waals surface area contributed by atoms with Crippen molar-refractivity contribution < 1.29 is 19.4 Å². The van der Waals surface area contributed by atoms with E-state index in [2.05, 4.69) is 20.3 Å². The highest BCUT2D eigenvalue weighted by Crippen LogP contribution is 2.29. The van der Waals surface area contributed by atoms with Gasteiger partial charge in [0.05, 0.1) is 11.3 Å². The Morgan fingerprint density at radius 2 is 1.51 bits per heavy atom. The van der Waals surface area contributed by atoms with Crippen LogP contribution >= 0.6 is 0 Å². The number of carbonyl (C=O) groups is 2. The van der Waals surface area contributed by atoms with Crippen LogP contribution < -0.4 is 10.2 Å². The highest BCUT2D eigenvalue weighted by atomic mass is 16.6. The van der Waals surface area contributed by atoms with E-state index >= 15 is 0 Å². The first-order chi connectivity index (χ1) is 19.6. The lowest BCUT2D eigenvalue weighted by atomic mass is 10.1. The molecule has 0 aliphatic carbocycles. The fourth-order valence-electron chi connectivity index (χ4n) is 4.62. The number of phenols is 1. The number of piperazine rings is 1. The molecule has 1 aliphatic heterocycles. The van der Waals surface area contributed by atoms with Crippen molar-refractivity contribution in [3.63, 3.8) is 0 Å². The third kappa shape index (κ3) is 6.32. The zero-order valence-corrected chi connectivity index (χ0v) is 23.7. The molecular formula is C31H34N6O4. The SMILES string of the molecule is Cc1ccccc1C(=O)Nc1nc(-c2ccccc2O)nn1-c1ccc(N2CCN(C(=O)OC(C)(C)C)CC2)cc1. The topological polar surface area (TPSA) is 113 Å². The number of benzene rings is 3. The van der Waals surface area contributed by atoms with E-state index in [9.17, 15) is 14.7 Å². The first-order valence-corrected chi connectivity index (χ1v) is 13.5. The number of hydrogen-bond acceptors (Lipinski definition) is 7. The van der Waals surface area contributed by atoms with Crippen LogP contribution in [0.5, 0.6) is 5.75 Å². The number of rotatable bonds is 5. The lowest BCUT2D eigenvalue weighted by molar-refractivity contribution is 0.0240. The van der Waals surface area contributed by atoms with Crippen molar-refractivity contribution in [1.82, 2.24) is 19.7 Å². The van der Waals surface area contributed by atoms with Gasteiger partial charge in [-0.25, -0.2) is 4.79 Å². The van der Waals surface area contributed by atoms with Crippen molar-refractivity contribution in [3.05, 3.63) is 83.9 Å². The lowest BCUT2D eigenvalue weighted by Gasteiger charge is -2.36. The van der Waals surface area contributed by atoms with Gasteiger partial charge < -0.3 is 19.6 Å². The van der Waals surface area contributed by atoms with E-state index in [0.717, 1.165) is 11.3 Å². The average Bonchev–Trinajstić information content (AvgIpc) is 3.36. The Morgan fingerprint density at radius 1 is 0.878 bits per heavy atom. The molecule has 4 aromatic rings. The Hall–Kier alpha value is -4.86. The Kier molecular flexibility index (Phi) is 7.65. The van der Waals surface area contributed by atoms with Gasteiger partial charge in [0.2, 0.25) is 5.95 Å². The molecule has 3 aromatic carbocycles. The van der Waals surface area contributed by atoms with Gasteiger partial charge in [-0.2, -0.15) is 9.67 Å². The Labute approximate surface area is 239 Å². The summed E-state index contributed by atoms with van der Waals surface area (Å²) in [5.74, 6) is 0.253. The van der Waals surface area contributed by atoms with Gasteiger partial charge >= 0.3 is 6.09 Å². The summed E-state index contributed by atoms with van der Waals surface area (Å²) in [6.45, 7) is 9.96. The van der Waals surface area contributed by atoms with Crippen molar-refractivity contribution in [3.8, 4) is 22.8 Å². The number of aromatic nitrogens is 3. The van der Waals surface area contributed by atoms with E-state index < -0.39 is 5.60 Å². The highest BCUT2D eigenvalue weighted by Gasteiger charge is 2.26. The molecular weight excluding hydrogens is 520 g/mol. The van der Waals surface area contributed by atoms with Gasteiger partial charge in [-0.3, -0.25) is 10.1 Å². The van der Waals surface area contributed by atoms with Gasteiger partial charge in [0.1, 0.15) is 11.4 Å². The quantitative estimate of drug-likeness (QED) is 0.346. The van der Waals surface area contributed by atoms with Gasteiger partial charge in [-0.1, -0.05) is 30.3 Å². The number of nitrogens with one attached hydrogen (secondary N) is 1. The van der Waals surface area contributed by atoms with Gasteiger partial charge in [-0.05, 0) is 75.7 Å². The monoisotopic (exact) mass is 554 g/mol. The Balaban J connectivity index is 1.38. The van der Waals surface area contributed by atoms with E-state index in [1.807, 2.05) is 70.2 Å². The van der Waals surface area contributed by atoms with E-state index in [4.69, 9.17) is 4.74 Å². The summed E-state index contributed by atoms with van der Waals surface area (Å²) in [6, 6.07) is 21.9. The van der Waals surface area contributed by atoms with Crippen LogP contribution in [0.3, 0.4) is 0 Å². The number of aryl methyl sites for hydroxylation is 1. The summed E-state index contributed by atoms with van der Waals surface area (Å²) >= 11 is 0. The largest absolute Gasteiger partial charge is 0.507 e. The molecule has 1 saturated heterocycles. The van der Waals surface area contributed by atoms with Crippen LogP contribution in [-0.2, 0) is 4.74 Å². The number of anilines is 2. The van der Waals surface area contributed by atoms with Crippen molar-refractivity contribution >= 4 is 23.6 Å². The molecule has 212 valence electrons. The fraction of sp³-hybridized carbons (Fsp3) is 0.290. The van der Waals surface area contributed by atoms with E-state index in [0.29, 0.717) is 43.0 Å². The van der Waals surface area contributed by atoms with Crippen molar-refractivity contribution in [2.24, 2.45) is 0 Å². The van der Waals surface area contributed by atoms with Crippen molar-refractivity contribution in [1.29, 1.82) is 0 Å². The molecule has 0 spiro atoms. The van der Waals surface area contributed by atoms with Crippen LogP contribution in [0.1, 0.15) is 36.7 Å². The second kappa shape index (κ2) is 11.3. The number of hydrogen-bond donors (Lipinski definition) is 2. The Morgan fingerprint density at radius 3 is 2.17 bits per heavy atom. The molecule has 0 bridgehead atoms. The highest BCUT2D eigenvalue weighted by molar-refractivity contribution is 6.04. The fourth-order valence-corrected chi connectivity index (χ4v) is 4.62. The molecule has 0 radical (unpaired) electrons. The number of phenolic OH excluding ortho intramolecular Hbond substituents is 1. The minimum Gasteiger partial charge on any atom is -0.507 e. The predicted octanol–water partition coefficient (Wildman–Crippen LogP) is 5.26. The average molecular weight is 555 g/mol. The third-order valence-corrected chi connectivity index (χ3v) is 6.76. The smallest absolute Gasteiger partial charge is 0.410 e. The van der Waals surface area contributed by atoms with Gasteiger partial charge in [0.25, 0.3) is 5.91 Å². The van der Waals surface area contributed by atoms with Crippen molar-refractivity contribution in [2.75, 3.05) is 36.4 Å². The Bertz CT molecular complexity index is 1550. The summed E-state index contributed by atoms with van der Waals surface area (Å²) in [4.78, 5) is 34.1. The number of nitrogens with zero attached hydrogens (tertiary/aromatic N) is 5. The summed E-state index contributed by atoms with van der Waals surface area (Å²) < 4.78 is 7.06. The van der Waals surface area contributed by atoms with Crippen LogP contribution in [0.25, 0.3) is 17.1 Å².